The number of nitro benzene ring substituents is 1. The molecule has 9 nitrogen and oxygen atoms in total. The normalized spacial score (nSPS) is 9.96. The van der Waals surface area contributed by atoms with Gasteiger partial charge in [-0.3, -0.25) is 14.9 Å². The largest absolute Gasteiger partial charge is 0.492 e. The lowest BCUT2D eigenvalue weighted by atomic mass is 10.3. The Balaban J connectivity index is 1.82. The first-order valence-corrected chi connectivity index (χ1v) is 8.04. The van der Waals surface area contributed by atoms with Gasteiger partial charge < -0.3 is 19.5 Å². The number of carbonyl (C=O) groups is 2. The van der Waals surface area contributed by atoms with E-state index in [0.29, 0.717) is 18.0 Å². The van der Waals surface area contributed by atoms with Gasteiger partial charge >= 0.3 is 11.7 Å². The van der Waals surface area contributed by atoms with Gasteiger partial charge in [0.25, 0.3) is 5.91 Å². The quantitative estimate of drug-likeness (QED) is 0.407. The third-order valence-corrected chi connectivity index (χ3v) is 3.23. The molecular formula is C18H18N2O7. The molecule has 9 heteroatoms. The molecule has 27 heavy (non-hydrogen) atoms. The zero-order valence-corrected chi connectivity index (χ0v) is 14.5. The summed E-state index contributed by atoms with van der Waals surface area (Å²) in [5.74, 6) is -0.948. The topological polar surface area (TPSA) is 117 Å². The lowest BCUT2D eigenvalue weighted by Crippen LogP contribution is -2.24. The van der Waals surface area contributed by atoms with E-state index in [4.69, 9.17) is 14.2 Å². The average Bonchev–Trinajstić information content (AvgIpc) is 2.66. The van der Waals surface area contributed by atoms with Crippen molar-refractivity contribution in [2.45, 2.75) is 6.92 Å². The van der Waals surface area contributed by atoms with Gasteiger partial charge in [-0.1, -0.05) is 24.3 Å². The molecule has 0 fully saturated rings. The number of nitro groups is 1. The van der Waals surface area contributed by atoms with Crippen molar-refractivity contribution in [2.24, 2.45) is 0 Å². The maximum atomic E-state index is 11.9. The molecule has 1 amide bonds. The van der Waals surface area contributed by atoms with Crippen LogP contribution in [0, 0.1) is 10.1 Å². The molecule has 0 bridgehead atoms. The SMILES string of the molecule is CCOc1ccccc1NC(=O)COC(=O)COc1ccccc1[N+](=O)[O-]. The molecule has 1 N–H and O–H groups in total. The van der Waals surface area contributed by atoms with Gasteiger partial charge in [-0.15, -0.1) is 0 Å². The molecule has 0 saturated heterocycles. The number of rotatable bonds is 9. The Bertz CT molecular complexity index is 823. The van der Waals surface area contributed by atoms with Crippen molar-refractivity contribution >= 4 is 23.3 Å². The molecule has 2 aromatic rings. The van der Waals surface area contributed by atoms with Crippen LogP contribution in [-0.4, -0.2) is 36.6 Å². The fourth-order valence-electron chi connectivity index (χ4n) is 2.09. The van der Waals surface area contributed by atoms with Crippen LogP contribution in [0.25, 0.3) is 0 Å². The van der Waals surface area contributed by atoms with Gasteiger partial charge in [-0.05, 0) is 25.1 Å². The molecule has 0 aliphatic heterocycles. The van der Waals surface area contributed by atoms with Gasteiger partial charge in [-0.2, -0.15) is 0 Å². The number of ether oxygens (including phenoxy) is 3. The smallest absolute Gasteiger partial charge is 0.344 e. The van der Waals surface area contributed by atoms with E-state index in [1.54, 1.807) is 24.3 Å². The Kier molecular flexibility index (Phi) is 7.12. The van der Waals surface area contributed by atoms with Crippen molar-refractivity contribution in [1.29, 1.82) is 0 Å². The van der Waals surface area contributed by atoms with E-state index >= 15 is 0 Å². The molecular weight excluding hydrogens is 356 g/mol. The summed E-state index contributed by atoms with van der Waals surface area (Å²) in [6.07, 6.45) is 0. The highest BCUT2D eigenvalue weighted by Crippen LogP contribution is 2.26. The van der Waals surface area contributed by atoms with E-state index in [2.05, 4.69) is 5.32 Å². The van der Waals surface area contributed by atoms with Crippen LogP contribution in [-0.2, 0) is 14.3 Å². The van der Waals surface area contributed by atoms with Crippen LogP contribution >= 0.6 is 0 Å². The minimum Gasteiger partial charge on any atom is -0.492 e. The van der Waals surface area contributed by atoms with Crippen molar-refractivity contribution in [2.75, 3.05) is 25.1 Å². The van der Waals surface area contributed by atoms with E-state index in [1.165, 1.54) is 24.3 Å². The van der Waals surface area contributed by atoms with Crippen LogP contribution in [0.4, 0.5) is 11.4 Å². The first kappa shape index (κ1) is 19.7. The number of amides is 1. The van der Waals surface area contributed by atoms with Gasteiger partial charge in [0.15, 0.2) is 19.0 Å². The second-order valence-corrected chi connectivity index (χ2v) is 5.15. The van der Waals surface area contributed by atoms with Crippen LogP contribution in [0.1, 0.15) is 6.92 Å². The number of hydrogen-bond acceptors (Lipinski definition) is 7. The summed E-state index contributed by atoms with van der Waals surface area (Å²) in [6.45, 7) is 1.16. The average molecular weight is 374 g/mol. The zero-order chi connectivity index (χ0) is 19.6. The van der Waals surface area contributed by atoms with E-state index in [9.17, 15) is 19.7 Å². The molecule has 0 aromatic heterocycles. The van der Waals surface area contributed by atoms with Crippen LogP contribution in [0.2, 0.25) is 0 Å². The monoisotopic (exact) mass is 374 g/mol. The molecule has 0 aliphatic carbocycles. The minimum absolute atomic E-state index is 0.0606. The zero-order valence-electron chi connectivity index (χ0n) is 14.5. The van der Waals surface area contributed by atoms with E-state index in [-0.39, 0.29) is 11.4 Å². The summed E-state index contributed by atoms with van der Waals surface area (Å²) in [5, 5.41) is 13.5. The van der Waals surface area contributed by atoms with Crippen molar-refractivity contribution in [3.63, 3.8) is 0 Å². The van der Waals surface area contributed by atoms with Gasteiger partial charge in [0.05, 0.1) is 17.2 Å². The molecule has 142 valence electrons. The van der Waals surface area contributed by atoms with Crippen LogP contribution in [0.15, 0.2) is 48.5 Å². The lowest BCUT2D eigenvalue weighted by molar-refractivity contribution is -0.385. The van der Waals surface area contributed by atoms with Crippen molar-refractivity contribution in [1.82, 2.24) is 0 Å². The molecule has 0 aliphatic rings. The van der Waals surface area contributed by atoms with Gasteiger partial charge in [-0.25, -0.2) is 4.79 Å². The molecule has 0 atom stereocenters. The summed E-state index contributed by atoms with van der Waals surface area (Å²) in [6, 6.07) is 12.5. The van der Waals surface area contributed by atoms with Gasteiger partial charge in [0, 0.05) is 6.07 Å². The third-order valence-electron chi connectivity index (χ3n) is 3.23. The maximum absolute atomic E-state index is 11.9. The Morgan fingerprint density at radius 2 is 1.67 bits per heavy atom. The molecule has 2 aromatic carbocycles. The van der Waals surface area contributed by atoms with E-state index < -0.39 is 30.0 Å². The second-order valence-electron chi connectivity index (χ2n) is 5.15. The summed E-state index contributed by atoms with van der Waals surface area (Å²) < 4.78 is 15.3. The molecule has 0 unspecified atom stereocenters. The number of anilines is 1. The highest BCUT2D eigenvalue weighted by molar-refractivity contribution is 5.94. The highest BCUT2D eigenvalue weighted by atomic mass is 16.6. The van der Waals surface area contributed by atoms with E-state index in [1.807, 2.05) is 6.92 Å². The van der Waals surface area contributed by atoms with Crippen molar-refractivity contribution < 1.29 is 28.7 Å². The lowest BCUT2D eigenvalue weighted by Gasteiger charge is -2.11. The summed E-state index contributed by atoms with van der Waals surface area (Å²) >= 11 is 0. The van der Waals surface area contributed by atoms with Gasteiger partial charge in [0.2, 0.25) is 0 Å². The molecule has 0 spiro atoms. The standard InChI is InChI=1S/C18H18N2O7/c1-2-25-15-9-5-3-7-13(15)19-17(21)11-27-18(22)12-26-16-10-6-4-8-14(16)20(23)24/h3-10H,2,11-12H2,1H3,(H,19,21). The maximum Gasteiger partial charge on any atom is 0.344 e. The van der Waals surface area contributed by atoms with Crippen molar-refractivity contribution in [3.05, 3.63) is 58.6 Å². The highest BCUT2D eigenvalue weighted by Gasteiger charge is 2.16. The first-order valence-electron chi connectivity index (χ1n) is 8.04. The summed E-state index contributed by atoms with van der Waals surface area (Å²) in [4.78, 5) is 33.9. The van der Waals surface area contributed by atoms with Crippen molar-refractivity contribution in [3.8, 4) is 11.5 Å². The summed E-state index contributed by atoms with van der Waals surface area (Å²) in [7, 11) is 0. The molecule has 0 saturated carbocycles. The van der Waals surface area contributed by atoms with Crippen LogP contribution in [0.5, 0.6) is 11.5 Å². The first-order chi connectivity index (χ1) is 13.0. The van der Waals surface area contributed by atoms with E-state index in [0.717, 1.165) is 0 Å². The molecule has 2 rings (SSSR count). The number of para-hydroxylation sites is 4. The predicted octanol–water partition coefficient (Wildman–Crippen LogP) is 2.55. The Hall–Kier alpha value is -3.62. The predicted molar refractivity (Wildman–Crippen MR) is 95.8 cm³/mol. The number of esters is 1. The Morgan fingerprint density at radius 3 is 2.37 bits per heavy atom. The molecule has 0 radical (unpaired) electrons. The van der Waals surface area contributed by atoms with Crippen LogP contribution < -0.4 is 14.8 Å². The number of nitrogens with zero attached hydrogens (tertiary/aromatic N) is 1. The summed E-state index contributed by atoms with van der Waals surface area (Å²) in [5.41, 5.74) is 0.187. The fraction of sp³-hybridized carbons (Fsp3) is 0.222. The number of carbonyl (C=O) groups excluding carboxylic acids is 2. The minimum atomic E-state index is -0.832. The molecule has 0 heterocycles. The Morgan fingerprint density at radius 1 is 1.00 bits per heavy atom. The number of nitrogens with one attached hydrogen (secondary N) is 1. The Labute approximate surface area is 155 Å². The third kappa shape index (κ3) is 5.99. The number of benzene rings is 2. The number of hydrogen-bond donors (Lipinski definition) is 1. The van der Waals surface area contributed by atoms with Crippen LogP contribution in [0.3, 0.4) is 0 Å². The fourth-order valence-corrected chi connectivity index (χ4v) is 2.09. The van der Waals surface area contributed by atoms with Gasteiger partial charge in [0.1, 0.15) is 5.75 Å². The second kappa shape index (κ2) is 9.76.